The Balaban J connectivity index is 1.67. The molecule has 1 saturated heterocycles. The van der Waals surface area contributed by atoms with E-state index in [1.807, 2.05) is 67.6 Å². The van der Waals surface area contributed by atoms with Crippen molar-refractivity contribution in [3.8, 4) is 0 Å². The van der Waals surface area contributed by atoms with E-state index in [-0.39, 0.29) is 16.1 Å². The Hall–Kier alpha value is -1.64. The molecular formula is C22H26INO4. The molecule has 1 aliphatic heterocycles. The molecule has 1 N–H and O–H groups in total. The number of amides is 1. The quantitative estimate of drug-likeness (QED) is 0.473. The molecule has 28 heavy (non-hydrogen) atoms. The molecule has 5 nitrogen and oxygen atoms in total. The van der Waals surface area contributed by atoms with Crippen molar-refractivity contribution >= 4 is 28.7 Å². The maximum atomic E-state index is 12.9. The molecule has 150 valence electrons. The molecule has 0 spiro atoms. The highest BCUT2D eigenvalue weighted by Gasteiger charge is 2.33. The lowest BCUT2D eigenvalue weighted by molar-refractivity contribution is -0.181. The predicted molar refractivity (Wildman–Crippen MR) is 116 cm³/mol. The largest absolute Gasteiger partial charge is 0.444 e. The van der Waals surface area contributed by atoms with Crippen LogP contribution in [0.4, 0.5) is 4.79 Å². The Morgan fingerprint density at radius 3 is 2.14 bits per heavy atom. The normalized spacial score (nSPS) is 23.0. The summed E-state index contributed by atoms with van der Waals surface area (Å²) in [6, 6.07) is 19.7. The highest BCUT2D eigenvalue weighted by Crippen LogP contribution is 2.27. The number of carbonyl (C=O) groups is 1. The monoisotopic (exact) mass is 495 g/mol. The summed E-state index contributed by atoms with van der Waals surface area (Å²) in [6.07, 6.45) is -0.316. The van der Waals surface area contributed by atoms with E-state index < -0.39 is 12.4 Å². The number of hydrogen-bond acceptors (Lipinski definition) is 4. The number of aliphatic hydroxyl groups excluding tert-OH is 1. The van der Waals surface area contributed by atoms with Gasteiger partial charge >= 0.3 is 6.09 Å². The first-order valence-electron chi connectivity index (χ1n) is 9.54. The van der Waals surface area contributed by atoms with Gasteiger partial charge in [-0.2, -0.15) is 0 Å². The van der Waals surface area contributed by atoms with Crippen molar-refractivity contribution in [2.75, 3.05) is 0 Å². The lowest BCUT2D eigenvalue weighted by atomic mass is 10.0. The molecule has 1 aliphatic rings. The van der Waals surface area contributed by atoms with Crippen LogP contribution >= 0.6 is 22.6 Å². The molecule has 0 aliphatic carbocycles. The molecule has 0 bridgehead atoms. The lowest BCUT2D eigenvalue weighted by Gasteiger charge is -2.34. The van der Waals surface area contributed by atoms with Crippen LogP contribution in [-0.2, 0) is 22.6 Å². The second kappa shape index (κ2) is 10.2. The van der Waals surface area contributed by atoms with Crippen molar-refractivity contribution in [3.05, 3.63) is 71.8 Å². The minimum atomic E-state index is -0.815. The minimum Gasteiger partial charge on any atom is -0.444 e. The van der Waals surface area contributed by atoms with Gasteiger partial charge in [-0.3, -0.25) is 4.90 Å². The van der Waals surface area contributed by atoms with Gasteiger partial charge in [-0.1, -0.05) is 83.3 Å². The zero-order chi connectivity index (χ0) is 19.9. The molecule has 1 fully saturated rings. The van der Waals surface area contributed by atoms with Crippen LogP contribution in [0.15, 0.2) is 60.7 Å². The fraction of sp³-hybridized carbons (Fsp3) is 0.409. The van der Waals surface area contributed by atoms with Gasteiger partial charge in [0.2, 0.25) is 0 Å². The first-order chi connectivity index (χ1) is 13.5. The zero-order valence-corrected chi connectivity index (χ0v) is 18.1. The van der Waals surface area contributed by atoms with Crippen LogP contribution in [0.1, 0.15) is 30.9 Å². The fourth-order valence-corrected chi connectivity index (χ4v) is 3.77. The Morgan fingerprint density at radius 2 is 1.64 bits per heavy atom. The summed E-state index contributed by atoms with van der Waals surface area (Å²) in [4.78, 5) is 14.6. The van der Waals surface area contributed by atoms with Crippen molar-refractivity contribution in [3.63, 3.8) is 0 Å². The van der Waals surface area contributed by atoms with E-state index in [9.17, 15) is 9.90 Å². The third kappa shape index (κ3) is 5.93. The van der Waals surface area contributed by atoms with E-state index in [4.69, 9.17) is 9.47 Å². The lowest BCUT2D eigenvalue weighted by Crippen LogP contribution is -2.43. The minimum absolute atomic E-state index is 0.0735. The van der Waals surface area contributed by atoms with Crippen molar-refractivity contribution in [1.29, 1.82) is 0 Å². The fourth-order valence-electron chi connectivity index (χ4n) is 3.25. The number of carbonyl (C=O) groups excluding carboxylic acids is 1. The summed E-state index contributed by atoms with van der Waals surface area (Å²) in [6.45, 7) is 2.75. The summed E-state index contributed by atoms with van der Waals surface area (Å²) in [5.74, 6) is 0. The molecular weight excluding hydrogens is 469 g/mol. The molecule has 6 heteroatoms. The Labute approximate surface area is 179 Å². The molecule has 0 unspecified atom stereocenters. The average Bonchev–Trinajstić information content (AvgIpc) is 2.71. The zero-order valence-electron chi connectivity index (χ0n) is 15.9. The number of ether oxygens (including phenoxy) is 2. The third-order valence-electron chi connectivity index (χ3n) is 4.85. The second-order valence-corrected chi connectivity index (χ2v) is 8.67. The van der Waals surface area contributed by atoms with Gasteiger partial charge in [0.1, 0.15) is 6.10 Å². The number of rotatable bonds is 6. The van der Waals surface area contributed by atoms with Crippen LogP contribution in [0.25, 0.3) is 0 Å². The highest BCUT2D eigenvalue weighted by atomic mass is 127. The first-order valence-corrected chi connectivity index (χ1v) is 10.8. The number of alkyl halides is 1. The Kier molecular flexibility index (Phi) is 7.70. The smallest absolute Gasteiger partial charge is 0.410 e. The van der Waals surface area contributed by atoms with Gasteiger partial charge in [0.15, 0.2) is 6.29 Å². The van der Waals surface area contributed by atoms with Crippen LogP contribution < -0.4 is 0 Å². The standard InChI is InChI=1S/C22H26INO4/c1-16(20-13-12-19(23)21(25)28-20)27-22(26)24(14-17-8-4-2-5-9-17)15-18-10-6-3-7-11-18/h2-11,16,19-21,25H,12-15H2,1H3/t16-,19-,20-,21-/m0/s1. The van der Waals surface area contributed by atoms with Crippen molar-refractivity contribution < 1.29 is 19.4 Å². The molecule has 0 radical (unpaired) electrons. The molecule has 1 amide bonds. The summed E-state index contributed by atoms with van der Waals surface area (Å²) in [5.41, 5.74) is 2.08. The van der Waals surface area contributed by atoms with E-state index in [1.54, 1.807) is 4.90 Å². The van der Waals surface area contributed by atoms with Gasteiger partial charge < -0.3 is 14.6 Å². The number of halogens is 1. The van der Waals surface area contributed by atoms with Gasteiger partial charge in [0, 0.05) is 13.1 Å². The molecule has 2 aromatic rings. The predicted octanol–water partition coefficient (Wildman–Crippen LogP) is 4.51. The van der Waals surface area contributed by atoms with E-state index >= 15 is 0 Å². The van der Waals surface area contributed by atoms with Gasteiger partial charge in [-0.25, -0.2) is 4.79 Å². The Bertz CT molecular complexity index is 701. The van der Waals surface area contributed by atoms with Crippen LogP contribution in [0.5, 0.6) is 0 Å². The highest BCUT2D eigenvalue weighted by molar-refractivity contribution is 14.1. The van der Waals surface area contributed by atoms with Gasteiger partial charge in [-0.05, 0) is 30.9 Å². The molecule has 0 saturated carbocycles. The number of nitrogens with zero attached hydrogens (tertiary/aromatic N) is 1. The number of hydrogen-bond donors (Lipinski definition) is 1. The second-order valence-electron chi connectivity index (χ2n) is 7.07. The van der Waals surface area contributed by atoms with Gasteiger partial charge in [0.05, 0.1) is 10.0 Å². The average molecular weight is 495 g/mol. The van der Waals surface area contributed by atoms with E-state index in [1.165, 1.54) is 0 Å². The summed E-state index contributed by atoms with van der Waals surface area (Å²) >= 11 is 2.19. The molecule has 2 aromatic carbocycles. The maximum Gasteiger partial charge on any atom is 0.410 e. The SMILES string of the molecule is C[C@H](OC(=O)N(Cc1ccccc1)Cc1ccccc1)[C@@H]1CC[C@H](I)[C@@H](O)O1. The van der Waals surface area contributed by atoms with Crippen molar-refractivity contribution in [2.24, 2.45) is 0 Å². The van der Waals surface area contributed by atoms with Crippen LogP contribution in [-0.4, -0.2) is 38.5 Å². The summed E-state index contributed by atoms with van der Waals surface area (Å²) < 4.78 is 11.4. The Morgan fingerprint density at radius 1 is 1.11 bits per heavy atom. The summed E-state index contributed by atoms with van der Waals surface area (Å²) in [5, 5.41) is 9.95. The molecule has 0 aromatic heterocycles. The van der Waals surface area contributed by atoms with Crippen LogP contribution in [0.3, 0.4) is 0 Å². The van der Waals surface area contributed by atoms with E-state index in [2.05, 4.69) is 22.6 Å². The van der Waals surface area contributed by atoms with E-state index in [0.717, 1.165) is 24.0 Å². The third-order valence-corrected chi connectivity index (χ3v) is 6.09. The first kappa shape index (κ1) is 21.1. The van der Waals surface area contributed by atoms with Crippen LogP contribution in [0.2, 0.25) is 0 Å². The number of aliphatic hydroxyl groups is 1. The van der Waals surface area contributed by atoms with Crippen LogP contribution in [0, 0.1) is 0 Å². The van der Waals surface area contributed by atoms with Gasteiger partial charge in [-0.15, -0.1) is 0 Å². The van der Waals surface area contributed by atoms with Crippen molar-refractivity contribution in [2.45, 2.75) is 55.3 Å². The number of benzene rings is 2. The maximum absolute atomic E-state index is 12.9. The van der Waals surface area contributed by atoms with Gasteiger partial charge in [0.25, 0.3) is 0 Å². The topological polar surface area (TPSA) is 59.0 Å². The molecule has 4 atom stereocenters. The van der Waals surface area contributed by atoms with E-state index in [0.29, 0.717) is 13.1 Å². The van der Waals surface area contributed by atoms with Crippen molar-refractivity contribution in [1.82, 2.24) is 4.90 Å². The summed E-state index contributed by atoms with van der Waals surface area (Å²) in [7, 11) is 0. The molecule has 1 heterocycles. The molecule has 3 rings (SSSR count).